The Morgan fingerprint density at radius 3 is 2.65 bits per heavy atom. The van der Waals surface area contributed by atoms with Gasteiger partial charge in [-0.3, -0.25) is 9.78 Å². The van der Waals surface area contributed by atoms with Gasteiger partial charge in [0.15, 0.2) is 6.61 Å². The number of hydrogen-bond acceptors (Lipinski definition) is 3. The summed E-state index contributed by atoms with van der Waals surface area (Å²) in [4.78, 5) is 16.4. The number of nitrogens with one attached hydrogen (secondary N) is 1. The maximum atomic E-state index is 12.1. The monoisotopic (exact) mass is 306 g/mol. The van der Waals surface area contributed by atoms with Gasteiger partial charge in [-0.15, -0.1) is 0 Å². The first-order chi connectivity index (χ1) is 11.1. The molecule has 0 atom stereocenters. The van der Waals surface area contributed by atoms with Crippen molar-refractivity contribution in [3.05, 3.63) is 65.9 Å². The van der Waals surface area contributed by atoms with Crippen molar-refractivity contribution in [1.29, 1.82) is 0 Å². The molecule has 116 valence electrons. The lowest BCUT2D eigenvalue weighted by Gasteiger charge is -2.12. The van der Waals surface area contributed by atoms with Crippen LogP contribution in [0.3, 0.4) is 0 Å². The van der Waals surface area contributed by atoms with Gasteiger partial charge in [0.05, 0.1) is 5.52 Å². The van der Waals surface area contributed by atoms with E-state index in [4.69, 9.17) is 4.74 Å². The molecule has 0 aliphatic heterocycles. The number of rotatable bonds is 4. The number of fused-ring (bicyclic) bond motifs is 1. The number of carbonyl (C=O) groups is 1. The van der Waals surface area contributed by atoms with Gasteiger partial charge >= 0.3 is 0 Å². The molecule has 1 aromatic heterocycles. The van der Waals surface area contributed by atoms with Gasteiger partial charge < -0.3 is 10.1 Å². The van der Waals surface area contributed by atoms with E-state index in [1.54, 1.807) is 6.20 Å². The van der Waals surface area contributed by atoms with E-state index in [1.165, 1.54) is 0 Å². The second kappa shape index (κ2) is 6.48. The zero-order valence-corrected chi connectivity index (χ0v) is 13.2. The zero-order valence-electron chi connectivity index (χ0n) is 13.2. The Morgan fingerprint density at radius 2 is 1.87 bits per heavy atom. The van der Waals surface area contributed by atoms with E-state index < -0.39 is 0 Å². The van der Waals surface area contributed by atoms with E-state index in [9.17, 15) is 4.79 Å². The molecule has 0 spiro atoms. The Bertz CT molecular complexity index is 839. The van der Waals surface area contributed by atoms with Crippen molar-refractivity contribution in [2.45, 2.75) is 13.8 Å². The molecular weight excluding hydrogens is 288 g/mol. The van der Waals surface area contributed by atoms with Gasteiger partial charge in [-0.2, -0.15) is 0 Å². The predicted octanol–water partition coefficient (Wildman–Crippen LogP) is 3.87. The van der Waals surface area contributed by atoms with Crippen LogP contribution in [0.15, 0.2) is 54.7 Å². The number of carbonyl (C=O) groups excluding carboxylic acids is 1. The van der Waals surface area contributed by atoms with Crippen molar-refractivity contribution in [3.63, 3.8) is 0 Å². The minimum atomic E-state index is -0.173. The van der Waals surface area contributed by atoms with Crippen LogP contribution < -0.4 is 10.1 Å². The molecule has 0 fully saturated rings. The largest absolute Gasteiger partial charge is 0.484 e. The lowest BCUT2D eigenvalue weighted by Crippen LogP contribution is -2.21. The fraction of sp³-hybridized carbons (Fsp3) is 0.158. The standard InChI is InChI=1S/C19H18N2O2/c1-13-5-3-6-14(2)19(13)21-18(22)12-23-16-8-9-17-15(11-16)7-4-10-20-17/h3-11H,12H2,1-2H3,(H,21,22). The second-order valence-corrected chi connectivity index (χ2v) is 5.46. The number of hydrogen-bond donors (Lipinski definition) is 1. The van der Waals surface area contributed by atoms with Crippen molar-refractivity contribution in [2.24, 2.45) is 0 Å². The molecule has 1 heterocycles. The van der Waals surface area contributed by atoms with E-state index in [-0.39, 0.29) is 12.5 Å². The predicted molar refractivity (Wildman–Crippen MR) is 91.8 cm³/mol. The molecule has 3 rings (SSSR count). The number of pyridine rings is 1. The number of para-hydroxylation sites is 1. The van der Waals surface area contributed by atoms with Crippen LogP contribution in [0.4, 0.5) is 5.69 Å². The third-order valence-electron chi connectivity index (χ3n) is 3.69. The van der Waals surface area contributed by atoms with Crippen molar-refractivity contribution in [3.8, 4) is 5.75 Å². The average molecular weight is 306 g/mol. The van der Waals surface area contributed by atoms with E-state index >= 15 is 0 Å². The third-order valence-corrected chi connectivity index (χ3v) is 3.69. The maximum absolute atomic E-state index is 12.1. The molecule has 2 aromatic carbocycles. The molecular formula is C19H18N2O2. The Labute approximate surface area is 135 Å². The van der Waals surface area contributed by atoms with Crippen LogP contribution >= 0.6 is 0 Å². The highest BCUT2D eigenvalue weighted by molar-refractivity contribution is 5.93. The molecule has 0 aliphatic rings. The highest BCUT2D eigenvalue weighted by Crippen LogP contribution is 2.20. The molecule has 0 aliphatic carbocycles. The molecule has 1 amide bonds. The van der Waals surface area contributed by atoms with Crippen LogP contribution in [-0.4, -0.2) is 17.5 Å². The van der Waals surface area contributed by atoms with Crippen molar-refractivity contribution in [1.82, 2.24) is 4.98 Å². The quantitative estimate of drug-likeness (QED) is 0.796. The van der Waals surface area contributed by atoms with Gasteiger partial charge in [-0.05, 0) is 49.2 Å². The topological polar surface area (TPSA) is 51.2 Å². The highest BCUT2D eigenvalue weighted by atomic mass is 16.5. The van der Waals surface area contributed by atoms with Gasteiger partial charge in [0.25, 0.3) is 5.91 Å². The molecule has 3 aromatic rings. The van der Waals surface area contributed by atoms with Gasteiger partial charge in [-0.25, -0.2) is 0 Å². The molecule has 0 unspecified atom stereocenters. The lowest BCUT2D eigenvalue weighted by molar-refractivity contribution is -0.118. The average Bonchev–Trinajstić information content (AvgIpc) is 2.56. The fourth-order valence-electron chi connectivity index (χ4n) is 2.48. The van der Waals surface area contributed by atoms with Gasteiger partial charge in [0.2, 0.25) is 0 Å². The summed E-state index contributed by atoms with van der Waals surface area (Å²) in [6.07, 6.45) is 1.75. The first kappa shape index (κ1) is 15.0. The summed E-state index contributed by atoms with van der Waals surface area (Å²) >= 11 is 0. The SMILES string of the molecule is Cc1cccc(C)c1NC(=O)COc1ccc2ncccc2c1. The number of aryl methyl sites for hydroxylation is 2. The van der Waals surface area contributed by atoms with Gasteiger partial charge in [0.1, 0.15) is 5.75 Å². The zero-order chi connectivity index (χ0) is 16.2. The number of ether oxygens (including phenoxy) is 1. The van der Waals surface area contributed by atoms with Gasteiger partial charge in [0, 0.05) is 17.3 Å². The molecule has 0 saturated carbocycles. The van der Waals surface area contributed by atoms with Crippen LogP contribution in [0.25, 0.3) is 10.9 Å². The summed E-state index contributed by atoms with van der Waals surface area (Å²) < 4.78 is 5.59. The number of amides is 1. The molecule has 4 nitrogen and oxygen atoms in total. The van der Waals surface area contributed by atoms with E-state index in [1.807, 2.05) is 62.4 Å². The maximum Gasteiger partial charge on any atom is 0.262 e. The van der Waals surface area contributed by atoms with E-state index in [2.05, 4.69) is 10.3 Å². The second-order valence-electron chi connectivity index (χ2n) is 5.46. The van der Waals surface area contributed by atoms with Crippen LogP contribution in [0.2, 0.25) is 0 Å². The number of anilines is 1. The van der Waals surface area contributed by atoms with Gasteiger partial charge in [-0.1, -0.05) is 24.3 Å². The van der Waals surface area contributed by atoms with Crippen LogP contribution in [0, 0.1) is 13.8 Å². The summed E-state index contributed by atoms with van der Waals surface area (Å²) in [7, 11) is 0. The normalized spacial score (nSPS) is 10.5. The Kier molecular flexibility index (Phi) is 4.24. The number of benzene rings is 2. The van der Waals surface area contributed by atoms with Crippen LogP contribution in [-0.2, 0) is 4.79 Å². The Hall–Kier alpha value is -2.88. The summed E-state index contributed by atoms with van der Waals surface area (Å²) in [5, 5.41) is 3.90. The van der Waals surface area contributed by atoms with Crippen LogP contribution in [0.5, 0.6) is 5.75 Å². The molecule has 4 heteroatoms. The minimum absolute atomic E-state index is 0.0282. The third kappa shape index (κ3) is 3.48. The van der Waals surface area contributed by atoms with Crippen LogP contribution in [0.1, 0.15) is 11.1 Å². The minimum Gasteiger partial charge on any atom is -0.484 e. The Balaban J connectivity index is 1.66. The summed E-state index contributed by atoms with van der Waals surface area (Å²) in [5.74, 6) is 0.482. The molecule has 0 bridgehead atoms. The highest BCUT2D eigenvalue weighted by Gasteiger charge is 2.08. The Morgan fingerprint density at radius 1 is 1.09 bits per heavy atom. The number of aromatic nitrogens is 1. The lowest BCUT2D eigenvalue weighted by atomic mass is 10.1. The summed E-state index contributed by atoms with van der Waals surface area (Å²) in [5.41, 5.74) is 3.83. The first-order valence-electron chi connectivity index (χ1n) is 7.47. The van der Waals surface area contributed by atoms with E-state index in [0.717, 1.165) is 27.7 Å². The first-order valence-corrected chi connectivity index (χ1v) is 7.47. The van der Waals surface area contributed by atoms with Crippen molar-refractivity contribution in [2.75, 3.05) is 11.9 Å². The summed E-state index contributed by atoms with van der Waals surface area (Å²) in [6, 6.07) is 15.3. The smallest absolute Gasteiger partial charge is 0.262 e. The molecule has 1 N–H and O–H groups in total. The summed E-state index contributed by atoms with van der Waals surface area (Å²) in [6.45, 7) is 3.92. The molecule has 23 heavy (non-hydrogen) atoms. The molecule has 0 saturated heterocycles. The fourth-order valence-corrected chi connectivity index (χ4v) is 2.48. The van der Waals surface area contributed by atoms with Crippen molar-refractivity contribution >= 4 is 22.5 Å². The number of nitrogens with zero attached hydrogens (tertiary/aromatic N) is 1. The van der Waals surface area contributed by atoms with Crippen molar-refractivity contribution < 1.29 is 9.53 Å². The molecule has 0 radical (unpaired) electrons. The van der Waals surface area contributed by atoms with E-state index in [0.29, 0.717) is 5.75 Å².